The molecular formula is C16H14N2O. The Kier molecular flexibility index (Phi) is 3.53. The zero-order valence-electron chi connectivity index (χ0n) is 10.6. The number of carbonyl (C=O) groups excluding carboxylic acids is 1. The van der Waals surface area contributed by atoms with Crippen LogP contribution in [0.15, 0.2) is 42.5 Å². The summed E-state index contributed by atoms with van der Waals surface area (Å²) in [6, 6.07) is 12.5. The molecule has 0 spiro atoms. The number of amides is 1. The lowest BCUT2D eigenvalue weighted by molar-refractivity contribution is 0.102. The van der Waals surface area contributed by atoms with E-state index >= 15 is 0 Å². The van der Waals surface area contributed by atoms with E-state index in [0.717, 1.165) is 11.1 Å². The number of carbonyl (C=O) groups is 1. The molecular weight excluding hydrogens is 236 g/mol. The summed E-state index contributed by atoms with van der Waals surface area (Å²) in [7, 11) is 0. The molecule has 0 unspecified atom stereocenters. The highest BCUT2D eigenvalue weighted by Gasteiger charge is 2.12. The predicted molar refractivity (Wildman–Crippen MR) is 77.9 cm³/mol. The number of hydrogen-bond donors (Lipinski definition) is 2. The fraction of sp³-hybridized carbons (Fsp3) is 0.0625. The Balaban J connectivity index is 2.29. The molecule has 1 amide bonds. The topological polar surface area (TPSA) is 55.1 Å². The zero-order valence-corrected chi connectivity index (χ0v) is 10.6. The highest BCUT2D eigenvalue weighted by atomic mass is 16.1. The highest BCUT2D eigenvalue weighted by molar-refractivity contribution is 6.08. The molecule has 0 radical (unpaired) electrons. The van der Waals surface area contributed by atoms with E-state index in [1.807, 2.05) is 19.1 Å². The molecule has 3 N–H and O–H groups in total. The SMILES string of the molecule is C#Cc1cccc(NC(=O)c2c(C)cccc2N)c1. The molecule has 0 aromatic heterocycles. The van der Waals surface area contributed by atoms with Gasteiger partial charge in [-0.1, -0.05) is 24.1 Å². The van der Waals surface area contributed by atoms with Gasteiger partial charge in [0.2, 0.25) is 0 Å². The highest BCUT2D eigenvalue weighted by Crippen LogP contribution is 2.18. The largest absolute Gasteiger partial charge is 0.398 e. The molecule has 0 saturated heterocycles. The Morgan fingerprint density at radius 1 is 1.26 bits per heavy atom. The molecule has 3 nitrogen and oxygen atoms in total. The van der Waals surface area contributed by atoms with Crippen LogP contribution in [-0.4, -0.2) is 5.91 Å². The van der Waals surface area contributed by atoms with Crippen molar-refractivity contribution in [2.45, 2.75) is 6.92 Å². The van der Waals surface area contributed by atoms with Crippen LogP contribution in [0.4, 0.5) is 11.4 Å². The number of anilines is 2. The maximum Gasteiger partial charge on any atom is 0.258 e. The molecule has 2 aromatic rings. The zero-order chi connectivity index (χ0) is 13.8. The van der Waals surface area contributed by atoms with Crippen molar-refractivity contribution in [3.05, 3.63) is 59.2 Å². The predicted octanol–water partition coefficient (Wildman–Crippen LogP) is 2.81. The maximum atomic E-state index is 12.2. The normalized spacial score (nSPS) is 9.68. The molecule has 3 heteroatoms. The second-order valence-corrected chi connectivity index (χ2v) is 4.22. The van der Waals surface area contributed by atoms with Crippen LogP contribution >= 0.6 is 0 Å². The summed E-state index contributed by atoms with van der Waals surface area (Å²) in [4.78, 5) is 12.2. The molecule has 0 fully saturated rings. The van der Waals surface area contributed by atoms with E-state index in [1.165, 1.54) is 0 Å². The minimum atomic E-state index is -0.232. The smallest absolute Gasteiger partial charge is 0.258 e. The number of rotatable bonds is 2. The fourth-order valence-electron chi connectivity index (χ4n) is 1.88. The molecule has 0 heterocycles. The van der Waals surface area contributed by atoms with Gasteiger partial charge in [0.15, 0.2) is 0 Å². The van der Waals surface area contributed by atoms with Gasteiger partial charge < -0.3 is 11.1 Å². The first-order valence-electron chi connectivity index (χ1n) is 5.85. The molecule has 2 aromatic carbocycles. The maximum absolute atomic E-state index is 12.2. The second-order valence-electron chi connectivity index (χ2n) is 4.22. The van der Waals surface area contributed by atoms with Crippen LogP contribution in [0.5, 0.6) is 0 Å². The minimum Gasteiger partial charge on any atom is -0.398 e. The summed E-state index contributed by atoms with van der Waals surface area (Å²) < 4.78 is 0. The number of benzene rings is 2. The third-order valence-corrected chi connectivity index (χ3v) is 2.82. The van der Waals surface area contributed by atoms with E-state index in [-0.39, 0.29) is 5.91 Å². The van der Waals surface area contributed by atoms with Crippen molar-refractivity contribution in [3.63, 3.8) is 0 Å². The number of aryl methyl sites for hydroxylation is 1. The Bertz CT molecular complexity index is 648. The summed E-state index contributed by atoms with van der Waals surface area (Å²) >= 11 is 0. The van der Waals surface area contributed by atoms with Gasteiger partial charge in [0, 0.05) is 16.9 Å². The molecule has 19 heavy (non-hydrogen) atoms. The second kappa shape index (κ2) is 5.28. The third kappa shape index (κ3) is 2.75. The van der Waals surface area contributed by atoms with E-state index < -0.39 is 0 Å². The summed E-state index contributed by atoms with van der Waals surface area (Å²) in [5.41, 5.74) is 9.01. The molecule has 0 aliphatic rings. The van der Waals surface area contributed by atoms with Crippen molar-refractivity contribution in [2.75, 3.05) is 11.1 Å². The lowest BCUT2D eigenvalue weighted by atomic mass is 10.1. The van der Waals surface area contributed by atoms with Gasteiger partial charge in [-0.25, -0.2) is 0 Å². The molecule has 0 saturated carbocycles. The first-order chi connectivity index (χ1) is 9.11. The van der Waals surface area contributed by atoms with Crippen LogP contribution in [-0.2, 0) is 0 Å². The van der Waals surface area contributed by atoms with E-state index in [9.17, 15) is 4.79 Å². The van der Waals surface area contributed by atoms with Crippen molar-refractivity contribution in [1.29, 1.82) is 0 Å². The van der Waals surface area contributed by atoms with Crippen molar-refractivity contribution < 1.29 is 4.79 Å². The number of nitrogens with one attached hydrogen (secondary N) is 1. The Hall–Kier alpha value is -2.73. The summed E-state index contributed by atoms with van der Waals surface area (Å²) in [6.45, 7) is 1.85. The van der Waals surface area contributed by atoms with Crippen LogP contribution in [0.3, 0.4) is 0 Å². The molecule has 0 atom stereocenters. The van der Waals surface area contributed by atoms with Gasteiger partial charge in [-0.3, -0.25) is 4.79 Å². The average Bonchev–Trinajstić information content (AvgIpc) is 2.38. The summed E-state index contributed by atoms with van der Waals surface area (Å²) in [5.74, 6) is 2.30. The monoisotopic (exact) mass is 250 g/mol. The van der Waals surface area contributed by atoms with Crippen molar-refractivity contribution in [2.24, 2.45) is 0 Å². The third-order valence-electron chi connectivity index (χ3n) is 2.82. The quantitative estimate of drug-likeness (QED) is 0.636. The van der Waals surface area contributed by atoms with E-state index in [1.54, 1.807) is 30.3 Å². The number of nitrogens with two attached hydrogens (primary N) is 1. The van der Waals surface area contributed by atoms with Crippen molar-refractivity contribution in [1.82, 2.24) is 0 Å². The number of terminal acetylenes is 1. The summed E-state index contributed by atoms with van der Waals surface area (Å²) in [5, 5.41) is 2.80. The van der Waals surface area contributed by atoms with Gasteiger partial charge in [0.1, 0.15) is 0 Å². The average molecular weight is 250 g/mol. The van der Waals surface area contributed by atoms with Crippen LogP contribution in [0, 0.1) is 19.3 Å². The Morgan fingerprint density at radius 3 is 2.68 bits per heavy atom. The molecule has 0 aliphatic heterocycles. The molecule has 94 valence electrons. The van der Waals surface area contributed by atoms with E-state index in [4.69, 9.17) is 12.2 Å². The van der Waals surface area contributed by atoms with Gasteiger partial charge in [0.05, 0.1) is 5.56 Å². The number of hydrogen-bond acceptors (Lipinski definition) is 2. The van der Waals surface area contributed by atoms with E-state index in [2.05, 4.69) is 11.2 Å². The van der Waals surface area contributed by atoms with Gasteiger partial charge >= 0.3 is 0 Å². The molecule has 0 bridgehead atoms. The Morgan fingerprint density at radius 2 is 2.00 bits per heavy atom. The van der Waals surface area contributed by atoms with Gasteiger partial charge in [-0.15, -0.1) is 6.42 Å². The first kappa shape index (κ1) is 12.7. The van der Waals surface area contributed by atoms with E-state index in [0.29, 0.717) is 16.9 Å². The minimum absolute atomic E-state index is 0.232. The van der Waals surface area contributed by atoms with Gasteiger partial charge in [0.25, 0.3) is 5.91 Å². The first-order valence-corrected chi connectivity index (χ1v) is 5.85. The Labute approximate surface area is 112 Å². The van der Waals surface area contributed by atoms with Crippen LogP contribution in [0.2, 0.25) is 0 Å². The van der Waals surface area contributed by atoms with Crippen LogP contribution < -0.4 is 11.1 Å². The van der Waals surface area contributed by atoms with Crippen LogP contribution in [0.1, 0.15) is 21.5 Å². The van der Waals surface area contributed by atoms with Gasteiger partial charge in [-0.2, -0.15) is 0 Å². The standard InChI is InChI=1S/C16H14N2O/c1-3-12-7-5-8-13(10-12)18-16(19)15-11(2)6-4-9-14(15)17/h1,4-10H,17H2,2H3,(H,18,19). The van der Waals surface area contributed by atoms with Crippen molar-refractivity contribution in [3.8, 4) is 12.3 Å². The lowest BCUT2D eigenvalue weighted by Crippen LogP contribution is -2.15. The molecule has 2 rings (SSSR count). The van der Waals surface area contributed by atoms with Crippen molar-refractivity contribution >= 4 is 17.3 Å². The molecule has 0 aliphatic carbocycles. The van der Waals surface area contributed by atoms with Gasteiger partial charge in [-0.05, 0) is 36.8 Å². The lowest BCUT2D eigenvalue weighted by Gasteiger charge is -2.10. The van der Waals surface area contributed by atoms with Crippen LogP contribution in [0.25, 0.3) is 0 Å². The number of nitrogen functional groups attached to an aromatic ring is 1. The fourth-order valence-corrected chi connectivity index (χ4v) is 1.88. The summed E-state index contributed by atoms with van der Waals surface area (Å²) in [6.07, 6.45) is 5.33.